The summed E-state index contributed by atoms with van der Waals surface area (Å²) in [7, 11) is 0. The van der Waals surface area contributed by atoms with E-state index in [0.717, 1.165) is 5.56 Å². The van der Waals surface area contributed by atoms with Crippen LogP contribution in [0.1, 0.15) is 40.4 Å². The molecule has 0 spiro atoms. The number of anilines is 1. The summed E-state index contributed by atoms with van der Waals surface area (Å²) >= 11 is 0. The molecular weight excluding hydrogens is 256 g/mol. The fourth-order valence-corrected chi connectivity index (χ4v) is 1.94. The van der Waals surface area contributed by atoms with Gasteiger partial charge in [-0.2, -0.15) is 5.26 Å². The molecule has 1 heterocycles. The normalized spacial score (nSPS) is 11.7. The van der Waals surface area contributed by atoms with Crippen molar-refractivity contribution in [1.29, 1.82) is 5.26 Å². The first-order valence-corrected chi connectivity index (χ1v) is 6.12. The highest BCUT2D eigenvalue weighted by molar-refractivity contribution is 5.84. The van der Waals surface area contributed by atoms with Gasteiger partial charge in [0.05, 0.1) is 17.3 Å². The van der Waals surface area contributed by atoms with Gasteiger partial charge in [-0.05, 0) is 37.6 Å². The number of hydrogen-bond acceptors (Lipinski definition) is 4. The summed E-state index contributed by atoms with van der Waals surface area (Å²) in [5.41, 5.74) is 2.16. The second-order valence-corrected chi connectivity index (χ2v) is 4.48. The van der Waals surface area contributed by atoms with Crippen molar-refractivity contribution in [2.45, 2.75) is 19.9 Å². The molecule has 102 valence electrons. The van der Waals surface area contributed by atoms with Crippen LogP contribution in [0.3, 0.4) is 0 Å². The van der Waals surface area contributed by atoms with Crippen LogP contribution in [0.5, 0.6) is 0 Å². The van der Waals surface area contributed by atoms with Gasteiger partial charge in [-0.25, -0.2) is 4.79 Å². The van der Waals surface area contributed by atoms with Crippen LogP contribution in [-0.4, -0.2) is 11.1 Å². The molecule has 1 aromatic carbocycles. The molecule has 1 unspecified atom stereocenters. The lowest BCUT2D eigenvalue weighted by atomic mass is 10.1. The van der Waals surface area contributed by atoms with E-state index in [2.05, 4.69) is 11.4 Å². The third kappa shape index (κ3) is 2.64. The molecule has 2 rings (SSSR count). The van der Waals surface area contributed by atoms with Crippen LogP contribution in [0, 0.1) is 18.3 Å². The molecule has 2 N–H and O–H groups in total. The van der Waals surface area contributed by atoms with E-state index in [1.54, 1.807) is 6.07 Å². The molecule has 0 saturated heterocycles. The number of nitrogens with zero attached hydrogens (tertiary/aromatic N) is 1. The van der Waals surface area contributed by atoms with Gasteiger partial charge in [0.15, 0.2) is 0 Å². The Balaban J connectivity index is 2.23. The number of furan rings is 1. The van der Waals surface area contributed by atoms with Gasteiger partial charge < -0.3 is 14.8 Å². The van der Waals surface area contributed by atoms with Crippen LogP contribution in [0.25, 0.3) is 0 Å². The summed E-state index contributed by atoms with van der Waals surface area (Å²) in [5.74, 6) is -0.692. The highest BCUT2D eigenvalue weighted by Crippen LogP contribution is 2.25. The third-order valence-corrected chi connectivity index (χ3v) is 3.02. The van der Waals surface area contributed by atoms with Gasteiger partial charge in [0, 0.05) is 0 Å². The van der Waals surface area contributed by atoms with E-state index in [-0.39, 0.29) is 11.8 Å². The van der Waals surface area contributed by atoms with Gasteiger partial charge in [-0.15, -0.1) is 0 Å². The molecule has 0 amide bonds. The Labute approximate surface area is 116 Å². The zero-order valence-corrected chi connectivity index (χ0v) is 11.2. The van der Waals surface area contributed by atoms with Crippen molar-refractivity contribution < 1.29 is 14.3 Å². The first-order valence-electron chi connectivity index (χ1n) is 6.12. The minimum absolute atomic E-state index is 0.0987. The molecule has 0 aliphatic carbocycles. The van der Waals surface area contributed by atoms with Gasteiger partial charge >= 0.3 is 5.97 Å². The Hall–Kier alpha value is -2.74. The number of aryl methyl sites for hydroxylation is 1. The lowest BCUT2D eigenvalue weighted by Gasteiger charge is -2.15. The number of benzene rings is 1. The van der Waals surface area contributed by atoms with Crippen molar-refractivity contribution >= 4 is 11.7 Å². The quantitative estimate of drug-likeness (QED) is 0.889. The fourth-order valence-electron chi connectivity index (χ4n) is 1.94. The van der Waals surface area contributed by atoms with Crippen LogP contribution in [-0.2, 0) is 0 Å². The van der Waals surface area contributed by atoms with Crippen LogP contribution >= 0.6 is 0 Å². The molecule has 2 aromatic rings. The van der Waals surface area contributed by atoms with E-state index in [9.17, 15) is 4.79 Å². The van der Waals surface area contributed by atoms with E-state index in [0.29, 0.717) is 17.0 Å². The Kier molecular flexibility index (Phi) is 3.76. The standard InChI is InChI=1S/C15H14N2O3/c1-9-4-3-5-12(11(9)8-16)17-10(2)13-6-7-14(20-13)15(18)19/h3-7,10,17H,1-2H3,(H,18,19). The maximum absolute atomic E-state index is 10.8. The largest absolute Gasteiger partial charge is 0.475 e. The summed E-state index contributed by atoms with van der Waals surface area (Å²) in [5, 5.41) is 21.2. The van der Waals surface area contributed by atoms with E-state index >= 15 is 0 Å². The lowest BCUT2D eigenvalue weighted by molar-refractivity contribution is 0.0660. The number of carbonyl (C=O) groups is 1. The van der Waals surface area contributed by atoms with E-state index < -0.39 is 5.97 Å². The van der Waals surface area contributed by atoms with Gasteiger partial charge in [-0.3, -0.25) is 0 Å². The number of aromatic carboxylic acids is 1. The summed E-state index contributed by atoms with van der Waals surface area (Å²) < 4.78 is 5.24. The molecule has 5 nitrogen and oxygen atoms in total. The monoisotopic (exact) mass is 270 g/mol. The maximum atomic E-state index is 10.8. The van der Waals surface area contributed by atoms with Gasteiger partial charge in [-0.1, -0.05) is 12.1 Å². The van der Waals surface area contributed by atoms with E-state index in [4.69, 9.17) is 14.8 Å². The molecule has 0 radical (unpaired) electrons. The first-order chi connectivity index (χ1) is 9.52. The minimum atomic E-state index is -1.10. The van der Waals surface area contributed by atoms with Crippen LogP contribution in [0.4, 0.5) is 5.69 Å². The Bertz CT molecular complexity index is 683. The molecule has 5 heteroatoms. The molecule has 0 bridgehead atoms. The predicted octanol–water partition coefficient (Wildman–Crippen LogP) is 3.33. The zero-order valence-electron chi connectivity index (χ0n) is 11.2. The Morgan fingerprint density at radius 2 is 2.15 bits per heavy atom. The number of nitriles is 1. The molecule has 20 heavy (non-hydrogen) atoms. The number of hydrogen-bond donors (Lipinski definition) is 2. The second kappa shape index (κ2) is 5.49. The summed E-state index contributed by atoms with van der Waals surface area (Å²) in [4.78, 5) is 10.8. The average molecular weight is 270 g/mol. The molecule has 1 aromatic heterocycles. The molecule has 1 atom stereocenters. The predicted molar refractivity (Wildman–Crippen MR) is 73.6 cm³/mol. The van der Waals surface area contributed by atoms with Crippen LogP contribution in [0.15, 0.2) is 34.7 Å². The van der Waals surface area contributed by atoms with Crippen LogP contribution in [0.2, 0.25) is 0 Å². The molecule has 0 fully saturated rings. The smallest absolute Gasteiger partial charge is 0.371 e. The van der Waals surface area contributed by atoms with Gasteiger partial charge in [0.1, 0.15) is 11.8 Å². The number of carboxylic acids is 1. The Morgan fingerprint density at radius 1 is 1.40 bits per heavy atom. The van der Waals surface area contributed by atoms with Gasteiger partial charge in [0.2, 0.25) is 5.76 Å². The summed E-state index contributed by atoms with van der Waals surface area (Å²) in [6.07, 6.45) is 0. The molecular formula is C15H14N2O3. The van der Waals surface area contributed by atoms with Crippen molar-refractivity contribution in [2.75, 3.05) is 5.32 Å². The highest BCUT2D eigenvalue weighted by atomic mass is 16.4. The van der Waals surface area contributed by atoms with Crippen LogP contribution < -0.4 is 5.32 Å². The number of nitrogens with one attached hydrogen (secondary N) is 1. The fraction of sp³-hybridized carbons (Fsp3) is 0.200. The minimum Gasteiger partial charge on any atom is -0.475 e. The van der Waals surface area contributed by atoms with E-state index in [1.807, 2.05) is 32.0 Å². The van der Waals surface area contributed by atoms with Crippen molar-refractivity contribution in [2.24, 2.45) is 0 Å². The summed E-state index contributed by atoms with van der Waals surface area (Å²) in [6, 6.07) is 10.5. The SMILES string of the molecule is Cc1cccc(NC(C)c2ccc(C(=O)O)o2)c1C#N. The highest BCUT2D eigenvalue weighted by Gasteiger charge is 2.15. The summed E-state index contributed by atoms with van der Waals surface area (Å²) in [6.45, 7) is 3.71. The van der Waals surface area contributed by atoms with Crippen molar-refractivity contribution in [3.8, 4) is 6.07 Å². The third-order valence-electron chi connectivity index (χ3n) is 3.02. The van der Waals surface area contributed by atoms with Crippen molar-refractivity contribution in [3.63, 3.8) is 0 Å². The van der Waals surface area contributed by atoms with E-state index in [1.165, 1.54) is 6.07 Å². The topological polar surface area (TPSA) is 86.3 Å². The Morgan fingerprint density at radius 3 is 2.75 bits per heavy atom. The zero-order chi connectivity index (χ0) is 14.7. The first kappa shape index (κ1) is 13.7. The van der Waals surface area contributed by atoms with Gasteiger partial charge in [0.25, 0.3) is 0 Å². The molecule has 0 aliphatic heterocycles. The maximum Gasteiger partial charge on any atom is 0.371 e. The lowest BCUT2D eigenvalue weighted by Crippen LogP contribution is -2.07. The van der Waals surface area contributed by atoms with Crippen molar-refractivity contribution in [1.82, 2.24) is 0 Å². The number of rotatable bonds is 4. The number of carboxylic acid groups (broad SMARTS) is 1. The molecule has 0 aliphatic rings. The second-order valence-electron chi connectivity index (χ2n) is 4.48. The van der Waals surface area contributed by atoms with Crippen molar-refractivity contribution in [3.05, 3.63) is 53.0 Å². The molecule has 0 saturated carbocycles. The average Bonchev–Trinajstić information content (AvgIpc) is 2.89.